The second-order valence-corrected chi connectivity index (χ2v) is 5.22. The topological polar surface area (TPSA) is 102 Å². The quantitative estimate of drug-likeness (QED) is 0.528. The minimum atomic E-state index is -3.74. The Kier molecular flexibility index (Phi) is 2.73. The van der Waals surface area contributed by atoms with Gasteiger partial charge < -0.3 is 19.7 Å². The molecular weight excluding hydrogens is 228 g/mol. The molecule has 2 rings (SSSR count). The van der Waals surface area contributed by atoms with Gasteiger partial charge in [0, 0.05) is 0 Å². The van der Waals surface area contributed by atoms with E-state index >= 15 is 0 Å². The highest BCUT2D eigenvalue weighted by molar-refractivity contribution is 7.86. The van der Waals surface area contributed by atoms with E-state index in [1.165, 1.54) is 0 Å². The van der Waals surface area contributed by atoms with E-state index in [4.69, 9.17) is 9.47 Å². The second-order valence-electron chi connectivity index (χ2n) is 3.62. The van der Waals surface area contributed by atoms with Crippen LogP contribution in [0.5, 0.6) is 0 Å². The van der Waals surface area contributed by atoms with Gasteiger partial charge in [0.1, 0.15) is 18.3 Å². The van der Waals surface area contributed by atoms with Crippen LogP contribution in [-0.4, -0.2) is 62.2 Å². The minimum absolute atomic E-state index is 0.118. The molecule has 0 radical (unpaired) electrons. The van der Waals surface area contributed by atoms with Crippen LogP contribution in [0.25, 0.3) is 0 Å². The van der Waals surface area contributed by atoms with Gasteiger partial charge in [-0.1, -0.05) is 0 Å². The third-order valence-electron chi connectivity index (χ3n) is 2.36. The van der Waals surface area contributed by atoms with Crippen LogP contribution in [0, 0.1) is 0 Å². The predicted molar refractivity (Wildman–Crippen MR) is 46.3 cm³/mol. The molecule has 0 amide bonds. The molecule has 2 aliphatic rings. The molecule has 0 aliphatic carbocycles. The molecule has 0 aromatic rings. The van der Waals surface area contributed by atoms with E-state index in [1.54, 1.807) is 0 Å². The van der Waals surface area contributed by atoms with Gasteiger partial charge in [0.2, 0.25) is 0 Å². The van der Waals surface area contributed by atoms with E-state index in [0.29, 0.717) is 0 Å². The van der Waals surface area contributed by atoms with Crippen molar-refractivity contribution in [2.75, 3.05) is 12.9 Å². The lowest BCUT2D eigenvalue weighted by Crippen LogP contribution is -2.55. The van der Waals surface area contributed by atoms with Crippen LogP contribution in [0.4, 0.5) is 0 Å². The molecule has 2 bridgehead atoms. The summed E-state index contributed by atoms with van der Waals surface area (Å²) < 4.78 is 36.6. The second kappa shape index (κ2) is 3.65. The average Bonchev–Trinajstić information content (AvgIpc) is 2.54. The van der Waals surface area contributed by atoms with E-state index in [0.717, 1.165) is 6.26 Å². The zero-order chi connectivity index (χ0) is 11.2. The lowest BCUT2D eigenvalue weighted by Gasteiger charge is -2.34. The molecule has 0 aromatic carbocycles. The molecule has 7 nitrogen and oxygen atoms in total. The monoisotopic (exact) mass is 240 g/mol. The van der Waals surface area contributed by atoms with E-state index in [1.807, 2.05) is 0 Å². The summed E-state index contributed by atoms with van der Waals surface area (Å²) in [6.45, 7) is 0.118. The molecule has 0 aromatic heterocycles. The summed E-state index contributed by atoms with van der Waals surface area (Å²) in [5, 5.41) is 19.1. The Bertz CT molecular complexity index is 339. The van der Waals surface area contributed by atoms with Crippen LogP contribution in [0.2, 0.25) is 0 Å². The summed E-state index contributed by atoms with van der Waals surface area (Å²) >= 11 is 0. The van der Waals surface area contributed by atoms with E-state index in [2.05, 4.69) is 4.18 Å². The molecule has 15 heavy (non-hydrogen) atoms. The van der Waals surface area contributed by atoms with Gasteiger partial charge in [-0.05, 0) is 0 Å². The number of rotatable bonds is 2. The number of fused-ring (bicyclic) bond motifs is 2. The van der Waals surface area contributed by atoms with Crippen molar-refractivity contribution in [2.24, 2.45) is 0 Å². The summed E-state index contributed by atoms with van der Waals surface area (Å²) in [5.41, 5.74) is 0. The molecule has 0 spiro atoms. The Morgan fingerprint density at radius 1 is 1.33 bits per heavy atom. The highest BCUT2D eigenvalue weighted by Crippen LogP contribution is 2.30. The maximum atomic E-state index is 10.9. The van der Waals surface area contributed by atoms with Crippen LogP contribution < -0.4 is 0 Å². The fourth-order valence-corrected chi connectivity index (χ4v) is 2.28. The highest BCUT2D eigenvalue weighted by atomic mass is 32.2. The summed E-state index contributed by atoms with van der Waals surface area (Å²) in [7, 11) is -3.74. The van der Waals surface area contributed by atoms with Crippen molar-refractivity contribution in [3.8, 4) is 0 Å². The van der Waals surface area contributed by atoms with Gasteiger partial charge in [0.05, 0.1) is 12.9 Å². The predicted octanol–water partition coefficient (Wildman–Crippen LogP) is -2.19. The first-order chi connectivity index (χ1) is 6.88. The number of hydrogen-bond donors (Lipinski definition) is 2. The van der Waals surface area contributed by atoms with Crippen LogP contribution in [0.1, 0.15) is 0 Å². The van der Waals surface area contributed by atoms with Crippen molar-refractivity contribution in [1.29, 1.82) is 0 Å². The highest BCUT2D eigenvalue weighted by Gasteiger charge is 2.51. The Morgan fingerprint density at radius 2 is 2.00 bits per heavy atom. The minimum Gasteiger partial charge on any atom is -0.387 e. The molecule has 2 heterocycles. The maximum Gasteiger partial charge on any atom is 0.264 e. The zero-order valence-electron chi connectivity index (χ0n) is 7.94. The smallest absolute Gasteiger partial charge is 0.264 e. The van der Waals surface area contributed by atoms with Crippen LogP contribution in [-0.2, 0) is 23.8 Å². The Labute approximate surface area is 86.7 Å². The van der Waals surface area contributed by atoms with Gasteiger partial charge in [-0.25, -0.2) is 0 Å². The van der Waals surface area contributed by atoms with Gasteiger partial charge in [0.15, 0.2) is 12.4 Å². The molecule has 88 valence electrons. The van der Waals surface area contributed by atoms with Gasteiger partial charge in [0.25, 0.3) is 10.1 Å². The van der Waals surface area contributed by atoms with Crippen molar-refractivity contribution in [3.63, 3.8) is 0 Å². The summed E-state index contributed by atoms with van der Waals surface area (Å²) in [6.07, 6.45) is -4.45. The molecule has 0 unspecified atom stereocenters. The summed E-state index contributed by atoms with van der Waals surface area (Å²) in [4.78, 5) is 0. The molecule has 5 atom stereocenters. The van der Waals surface area contributed by atoms with Gasteiger partial charge in [-0.2, -0.15) is 8.42 Å². The number of ether oxygens (including phenoxy) is 2. The van der Waals surface area contributed by atoms with E-state index < -0.39 is 40.8 Å². The third kappa shape index (κ3) is 2.14. The largest absolute Gasteiger partial charge is 0.387 e. The van der Waals surface area contributed by atoms with Gasteiger partial charge >= 0.3 is 0 Å². The van der Waals surface area contributed by atoms with Crippen molar-refractivity contribution < 1.29 is 32.3 Å². The summed E-state index contributed by atoms with van der Waals surface area (Å²) in [5.74, 6) is 0. The molecule has 2 fully saturated rings. The fourth-order valence-electron chi connectivity index (χ4n) is 1.67. The first-order valence-corrected chi connectivity index (χ1v) is 6.21. The van der Waals surface area contributed by atoms with E-state index in [9.17, 15) is 18.6 Å². The van der Waals surface area contributed by atoms with Crippen molar-refractivity contribution in [2.45, 2.75) is 30.7 Å². The Morgan fingerprint density at radius 3 is 2.60 bits per heavy atom. The standard InChI is InChI=1S/C7H12O7S/c1-15(10,11)14-6-5(9)4(8)3-2-12-7(6)13-3/h3-9H,2H2,1H3/t3-,4-,5+,6-,7-/m1/s1. The lowest BCUT2D eigenvalue weighted by atomic mass is 10.0. The third-order valence-corrected chi connectivity index (χ3v) is 2.93. The lowest BCUT2D eigenvalue weighted by molar-refractivity contribution is -0.219. The Balaban J connectivity index is 2.16. The molecule has 0 saturated carbocycles. The first-order valence-electron chi connectivity index (χ1n) is 4.40. The average molecular weight is 240 g/mol. The van der Waals surface area contributed by atoms with Crippen LogP contribution in [0.15, 0.2) is 0 Å². The Hall–Kier alpha value is -0.250. The van der Waals surface area contributed by atoms with Gasteiger partial charge in [-0.15, -0.1) is 0 Å². The van der Waals surface area contributed by atoms with Crippen molar-refractivity contribution in [1.82, 2.24) is 0 Å². The molecule has 8 heteroatoms. The molecule has 2 N–H and O–H groups in total. The number of hydrogen-bond acceptors (Lipinski definition) is 7. The normalized spacial score (nSPS) is 45.7. The maximum absolute atomic E-state index is 10.9. The number of aliphatic hydroxyl groups is 2. The van der Waals surface area contributed by atoms with Crippen LogP contribution >= 0.6 is 0 Å². The SMILES string of the molecule is CS(=O)(=O)O[C@H]1[C@@H]2OC[C@@H](O2)[C@@H](O)[C@@H]1O. The van der Waals surface area contributed by atoms with Gasteiger partial charge in [-0.3, -0.25) is 4.18 Å². The molecule has 2 saturated heterocycles. The molecule has 2 aliphatic heterocycles. The summed E-state index contributed by atoms with van der Waals surface area (Å²) in [6, 6.07) is 0. The number of aliphatic hydroxyl groups excluding tert-OH is 2. The molecular formula is C7H12O7S. The van der Waals surface area contributed by atoms with E-state index in [-0.39, 0.29) is 6.61 Å². The van der Waals surface area contributed by atoms with Crippen molar-refractivity contribution in [3.05, 3.63) is 0 Å². The fraction of sp³-hybridized carbons (Fsp3) is 1.00. The van der Waals surface area contributed by atoms with Crippen molar-refractivity contribution >= 4 is 10.1 Å². The zero-order valence-corrected chi connectivity index (χ0v) is 8.75. The first kappa shape index (κ1) is 11.2. The van der Waals surface area contributed by atoms with Crippen LogP contribution in [0.3, 0.4) is 0 Å².